The Kier molecular flexibility index (Phi) is 6.37. The Balaban J connectivity index is 1.63. The maximum absolute atomic E-state index is 13.3. The minimum atomic E-state index is -3.72. The molecule has 0 aliphatic carbocycles. The highest BCUT2D eigenvalue weighted by atomic mass is 35.5. The molecule has 0 spiro atoms. The molecule has 32 heavy (non-hydrogen) atoms. The van der Waals surface area contributed by atoms with E-state index in [2.05, 4.69) is 4.98 Å². The predicted molar refractivity (Wildman–Crippen MR) is 130 cm³/mol. The molecule has 166 valence electrons. The molecule has 0 unspecified atom stereocenters. The van der Waals surface area contributed by atoms with E-state index in [4.69, 9.17) is 16.7 Å². The zero-order valence-corrected chi connectivity index (χ0v) is 19.7. The van der Waals surface area contributed by atoms with Crippen LogP contribution in [0.2, 0.25) is 5.02 Å². The van der Waals surface area contributed by atoms with E-state index in [1.165, 1.54) is 3.97 Å². The summed E-state index contributed by atoms with van der Waals surface area (Å²) in [6, 6.07) is 12.7. The standard InChI is InChI=1S/C23H21ClN2O4S2/c1-15-25-20-12-16(7-10-22(20)31-15)4-3-11-32(29,30)26-19(5-2-6-23(27)28)14-17-13-18(24)8-9-21(17)26/h3-4,7-10,12-14H,2,5-6,11H2,1H3,(H,27,28). The van der Waals surface area contributed by atoms with Gasteiger partial charge in [-0.2, -0.15) is 0 Å². The van der Waals surface area contributed by atoms with Gasteiger partial charge < -0.3 is 5.11 Å². The Morgan fingerprint density at radius 2 is 2.03 bits per heavy atom. The average Bonchev–Trinajstić information content (AvgIpc) is 3.26. The Morgan fingerprint density at radius 1 is 1.22 bits per heavy atom. The molecule has 6 nitrogen and oxygen atoms in total. The van der Waals surface area contributed by atoms with E-state index in [9.17, 15) is 13.2 Å². The monoisotopic (exact) mass is 488 g/mol. The topological polar surface area (TPSA) is 89.3 Å². The number of aliphatic carboxylic acids is 1. The van der Waals surface area contributed by atoms with Gasteiger partial charge in [0, 0.05) is 22.5 Å². The number of aromatic nitrogens is 2. The van der Waals surface area contributed by atoms with Crippen molar-refractivity contribution in [2.75, 3.05) is 5.75 Å². The van der Waals surface area contributed by atoms with Gasteiger partial charge in [-0.05, 0) is 61.7 Å². The van der Waals surface area contributed by atoms with Crippen LogP contribution in [-0.4, -0.2) is 34.2 Å². The lowest BCUT2D eigenvalue weighted by molar-refractivity contribution is -0.137. The van der Waals surface area contributed by atoms with Crippen LogP contribution in [0.1, 0.15) is 29.1 Å². The summed E-state index contributed by atoms with van der Waals surface area (Å²) in [4.78, 5) is 15.4. The molecule has 0 radical (unpaired) electrons. The molecule has 4 aromatic rings. The van der Waals surface area contributed by atoms with Crippen LogP contribution < -0.4 is 0 Å². The van der Waals surface area contributed by atoms with Crippen molar-refractivity contribution in [3.05, 3.63) is 69.8 Å². The van der Waals surface area contributed by atoms with Crippen LogP contribution in [0, 0.1) is 6.92 Å². The van der Waals surface area contributed by atoms with Crippen LogP contribution in [0.25, 0.3) is 27.2 Å². The fraction of sp³-hybridized carbons (Fsp3) is 0.217. The third kappa shape index (κ3) is 4.87. The quantitative estimate of drug-likeness (QED) is 0.353. The highest BCUT2D eigenvalue weighted by Crippen LogP contribution is 2.27. The number of halogens is 1. The number of benzene rings is 2. The van der Waals surface area contributed by atoms with Crippen LogP contribution >= 0.6 is 22.9 Å². The number of aryl methyl sites for hydroxylation is 2. The molecule has 0 saturated heterocycles. The highest BCUT2D eigenvalue weighted by molar-refractivity contribution is 7.90. The number of carbonyl (C=O) groups is 1. The number of hydrogen-bond acceptors (Lipinski definition) is 5. The van der Waals surface area contributed by atoms with E-state index in [0.29, 0.717) is 34.5 Å². The molecule has 0 bridgehead atoms. The maximum Gasteiger partial charge on any atom is 0.303 e. The molecule has 0 atom stereocenters. The molecule has 2 heterocycles. The molecule has 2 aromatic carbocycles. The first-order valence-electron chi connectivity index (χ1n) is 10.0. The second-order valence-corrected chi connectivity index (χ2v) is 11.0. The van der Waals surface area contributed by atoms with E-state index in [0.717, 1.165) is 20.8 Å². The average molecular weight is 489 g/mol. The molecule has 0 aliphatic heterocycles. The van der Waals surface area contributed by atoms with Crippen molar-refractivity contribution in [2.45, 2.75) is 26.2 Å². The lowest BCUT2D eigenvalue weighted by atomic mass is 10.2. The minimum Gasteiger partial charge on any atom is -0.481 e. The molecule has 0 fully saturated rings. The molecular weight excluding hydrogens is 468 g/mol. The Labute approximate surface area is 194 Å². The van der Waals surface area contributed by atoms with Crippen LogP contribution in [-0.2, 0) is 21.2 Å². The van der Waals surface area contributed by atoms with Gasteiger partial charge in [0.2, 0.25) is 10.0 Å². The van der Waals surface area contributed by atoms with Crippen LogP contribution in [0.15, 0.2) is 48.5 Å². The smallest absolute Gasteiger partial charge is 0.303 e. The van der Waals surface area contributed by atoms with E-state index in [1.54, 1.807) is 47.8 Å². The Morgan fingerprint density at radius 3 is 2.81 bits per heavy atom. The van der Waals surface area contributed by atoms with E-state index in [1.807, 2.05) is 25.1 Å². The van der Waals surface area contributed by atoms with Crippen LogP contribution in [0.4, 0.5) is 0 Å². The summed E-state index contributed by atoms with van der Waals surface area (Å²) in [5, 5.41) is 11.1. The largest absolute Gasteiger partial charge is 0.481 e. The number of carboxylic acids is 1. The van der Waals surface area contributed by atoms with Crippen molar-refractivity contribution in [2.24, 2.45) is 0 Å². The lowest BCUT2D eigenvalue weighted by Gasteiger charge is -2.10. The molecule has 4 rings (SSSR count). The van der Waals surface area contributed by atoms with Gasteiger partial charge in [-0.1, -0.05) is 29.8 Å². The zero-order valence-electron chi connectivity index (χ0n) is 17.3. The number of thiazole rings is 1. The normalized spacial score (nSPS) is 12.3. The third-order valence-corrected chi connectivity index (χ3v) is 7.82. The zero-order chi connectivity index (χ0) is 22.9. The van der Waals surface area contributed by atoms with E-state index >= 15 is 0 Å². The summed E-state index contributed by atoms with van der Waals surface area (Å²) in [6.07, 6.45) is 4.05. The summed E-state index contributed by atoms with van der Waals surface area (Å²) < 4.78 is 28.9. The van der Waals surface area contributed by atoms with Gasteiger partial charge in [0.25, 0.3) is 0 Å². The number of hydrogen-bond donors (Lipinski definition) is 1. The molecule has 9 heteroatoms. The van der Waals surface area contributed by atoms with Gasteiger partial charge in [0.05, 0.1) is 26.5 Å². The fourth-order valence-corrected chi connectivity index (χ4v) is 6.13. The summed E-state index contributed by atoms with van der Waals surface area (Å²) in [6.45, 7) is 1.95. The molecular formula is C23H21ClN2O4S2. The first kappa shape index (κ1) is 22.5. The number of rotatable bonds is 8. The summed E-state index contributed by atoms with van der Waals surface area (Å²) in [5.74, 6) is -1.10. The number of nitrogens with zero attached hydrogens (tertiary/aromatic N) is 2. The summed E-state index contributed by atoms with van der Waals surface area (Å²) >= 11 is 7.70. The first-order chi connectivity index (χ1) is 15.2. The van der Waals surface area contributed by atoms with Gasteiger partial charge in [-0.3, -0.25) is 4.79 Å². The molecule has 0 aliphatic rings. The van der Waals surface area contributed by atoms with Gasteiger partial charge in [0.15, 0.2) is 0 Å². The van der Waals surface area contributed by atoms with Crippen LogP contribution in [0.3, 0.4) is 0 Å². The predicted octanol–water partition coefficient (Wildman–Crippen LogP) is 5.51. The summed E-state index contributed by atoms with van der Waals surface area (Å²) in [7, 11) is -3.72. The molecule has 1 N–H and O–H groups in total. The number of fused-ring (bicyclic) bond motifs is 2. The lowest BCUT2D eigenvalue weighted by Crippen LogP contribution is -2.18. The molecule has 0 saturated carbocycles. The Bertz CT molecular complexity index is 1450. The molecule has 0 amide bonds. The number of carboxylic acid groups (broad SMARTS) is 1. The van der Waals surface area contributed by atoms with E-state index in [-0.39, 0.29) is 12.2 Å². The van der Waals surface area contributed by atoms with Gasteiger partial charge in [-0.15, -0.1) is 11.3 Å². The van der Waals surface area contributed by atoms with E-state index < -0.39 is 16.0 Å². The molecule has 2 aromatic heterocycles. The van der Waals surface area contributed by atoms with Crippen molar-refractivity contribution >= 4 is 66.1 Å². The van der Waals surface area contributed by atoms with Crippen molar-refractivity contribution in [3.8, 4) is 0 Å². The van der Waals surface area contributed by atoms with Crippen LogP contribution in [0.5, 0.6) is 0 Å². The SMILES string of the molecule is Cc1nc2cc(C=CCS(=O)(=O)n3c(CCCC(=O)O)cc4cc(Cl)ccc43)ccc2s1. The van der Waals surface area contributed by atoms with Crippen molar-refractivity contribution < 1.29 is 18.3 Å². The minimum absolute atomic E-state index is 0.0270. The summed E-state index contributed by atoms with van der Waals surface area (Å²) in [5.41, 5.74) is 2.86. The second-order valence-electron chi connectivity index (χ2n) is 7.49. The van der Waals surface area contributed by atoms with Crippen molar-refractivity contribution in [1.82, 2.24) is 8.96 Å². The van der Waals surface area contributed by atoms with Gasteiger partial charge in [0.1, 0.15) is 0 Å². The second kappa shape index (κ2) is 9.05. The van der Waals surface area contributed by atoms with Crippen molar-refractivity contribution in [3.63, 3.8) is 0 Å². The Hall–Kier alpha value is -2.68. The van der Waals surface area contributed by atoms with Crippen molar-refractivity contribution in [1.29, 1.82) is 0 Å². The van der Waals surface area contributed by atoms with Gasteiger partial charge >= 0.3 is 5.97 Å². The fourth-order valence-electron chi connectivity index (χ4n) is 3.69. The maximum atomic E-state index is 13.3. The van der Waals surface area contributed by atoms with Gasteiger partial charge in [-0.25, -0.2) is 17.4 Å². The first-order valence-corrected chi connectivity index (χ1v) is 12.8. The third-order valence-electron chi connectivity index (χ3n) is 5.03. The highest BCUT2D eigenvalue weighted by Gasteiger charge is 2.20.